The third kappa shape index (κ3) is 2.76. The van der Waals surface area contributed by atoms with Crippen LogP contribution in [-0.4, -0.2) is 17.9 Å². The zero-order valence-corrected chi connectivity index (χ0v) is 11.1. The summed E-state index contributed by atoms with van der Waals surface area (Å²) in [7, 11) is 1.75. The minimum absolute atomic E-state index is 0.0845. The van der Waals surface area contributed by atoms with Gasteiger partial charge in [0.2, 0.25) is 0 Å². The number of hydrogen-bond acceptors (Lipinski definition) is 2. The van der Waals surface area contributed by atoms with E-state index in [9.17, 15) is 9.18 Å². The molecular weight excluding hydrogens is 249 g/mol. The standard InChI is InChI=1S/C14H14FNOS/c1-10-7-12(15)3-4-13(10)14(17)16(2)8-11-5-6-18-9-11/h3-7,9H,8H2,1-2H3. The molecule has 0 aliphatic carbocycles. The smallest absolute Gasteiger partial charge is 0.254 e. The highest BCUT2D eigenvalue weighted by atomic mass is 32.1. The van der Waals surface area contributed by atoms with Crippen LogP contribution in [0.3, 0.4) is 0 Å². The Kier molecular flexibility index (Phi) is 3.77. The van der Waals surface area contributed by atoms with Gasteiger partial charge in [-0.3, -0.25) is 4.79 Å². The van der Waals surface area contributed by atoms with E-state index < -0.39 is 0 Å². The molecule has 0 fully saturated rings. The van der Waals surface area contributed by atoms with Crippen molar-refractivity contribution in [3.05, 3.63) is 57.5 Å². The predicted molar refractivity (Wildman–Crippen MR) is 71.3 cm³/mol. The van der Waals surface area contributed by atoms with Crippen LogP contribution in [0.2, 0.25) is 0 Å². The summed E-state index contributed by atoms with van der Waals surface area (Å²) in [6, 6.07) is 6.23. The molecule has 1 aromatic carbocycles. The molecule has 94 valence electrons. The Morgan fingerprint density at radius 3 is 2.78 bits per heavy atom. The summed E-state index contributed by atoms with van der Waals surface area (Å²) in [5.74, 6) is -0.400. The number of benzene rings is 1. The first-order valence-corrected chi connectivity index (χ1v) is 6.55. The maximum absolute atomic E-state index is 13.0. The number of carbonyl (C=O) groups excluding carboxylic acids is 1. The van der Waals surface area contributed by atoms with Gasteiger partial charge in [-0.1, -0.05) is 0 Å². The minimum atomic E-state index is -0.315. The molecule has 4 heteroatoms. The van der Waals surface area contributed by atoms with Crippen LogP contribution in [-0.2, 0) is 6.54 Å². The highest BCUT2D eigenvalue weighted by molar-refractivity contribution is 7.07. The average molecular weight is 263 g/mol. The summed E-state index contributed by atoms with van der Waals surface area (Å²) >= 11 is 1.61. The maximum atomic E-state index is 13.0. The highest BCUT2D eigenvalue weighted by Crippen LogP contribution is 2.15. The lowest BCUT2D eigenvalue weighted by atomic mass is 10.1. The predicted octanol–water partition coefficient (Wildman–Crippen LogP) is 3.47. The Morgan fingerprint density at radius 1 is 1.39 bits per heavy atom. The molecule has 0 spiro atoms. The Morgan fingerprint density at radius 2 is 2.17 bits per heavy atom. The van der Waals surface area contributed by atoms with Gasteiger partial charge in [-0.2, -0.15) is 11.3 Å². The number of halogens is 1. The summed E-state index contributed by atoms with van der Waals surface area (Å²) in [5, 5.41) is 4.00. The van der Waals surface area contributed by atoms with Crippen LogP contribution in [0.4, 0.5) is 4.39 Å². The second kappa shape index (κ2) is 5.31. The number of hydrogen-bond donors (Lipinski definition) is 0. The molecule has 18 heavy (non-hydrogen) atoms. The van der Waals surface area contributed by atoms with Crippen molar-refractivity contribution in [1.29, 1.82) is 0 Å². The van der Waals surface area contributed by atoms with Gasteiger partial charge < -0.3 is 4.90 Å². The second-order valence-corrected chi connectivity index (χ2v) is 5.03. The molecule has 1 heterocycles. The lowest BCUT2D eigenvalue weighted by Gasteiger charge is -2.17. The van der Waals surface area contributed by atoms with E-state index in [1.165, 1.54) is 18.2 Å². The first kappa shape index (κ1) is 12.8. The van der Waals surface area contributed by atoms with Gasteiger partial charge in [-0.25, -0.2) is 4.39 Å². The summed E-state index contributed by atoms with van der Waals surface area (Å²) in [5.41, 5.74) is 2.32. The van der Waals surface area contributed by atoms with Crippen molar-refractivity contribution in [2.75, 3.05) is 7.05 Å². The summed E-state index contributed by atoms with van der Waals surface area (Å²) < 4.78 is 13.0. The SMILES string of the molecule is Cc1cc(F)ccc1C(=O)N(C)Cc1ccsc1. The maximum Gasteiger partial charge on any atom is 0.254 e. The molecule has 0 radical (unpaired) electrons. The van der Waals surface area contributed by atoms with Crippen molar-refractivity contribution in [1.82, 2.24) is 4.90 Å². The molecule has 0 saturated heterocycles. The van der Waals surface area contributed by atoms with Crippen LogP contribution >= 0.6 is 11.3 Å². The lowest BCUT2D eigenvalue weighted by molar-refractivity contribution is 0.0784. The molecule has 0 N–H and O–H groups in total. The van der Waals surface area contributed by atoms with E-state index >= 15 is 0 Å². The van der Waals surface area contributed by atoms with E-state index in [1.54, 1.807) is 30.2 Å². The van der Waals surface area contributed by atoms with Crippen molar-refractivity contribution in [3.8, 4) is 0 Å². The van der Waals surface area contributed by atoms with E-state index in [1.807, 2.05) is 16.8 Å². The molecule has 1 aromatic heterocycles. The molecule has 2 aromatic rings. The van der Waals surface area contributed by atoms with Gasteiger partial charge in [0, 0.05) is 19.2 Å². The third-order valence-corrected chi connectivity index (χ3v) is 3.50. The first-order valence-electron chi connectivity index (χ1n) is 5.60. The van der Waals surface area contributed by atoms with Gasteiger partial charge in [0.05, 0.1) is 0 Å². The number of thiophene rings is 1. The van der Waals surface area contributed by atoms with E-state index in [0.29, 0.717) is 17.7 Å². The van der Waals surface area contributed by atoms with Crippen molar-refractivity contribution in [2.45, 2.75) is 13.5 Å². The zero-order chi connectivity index (χ0) is 13.1. The van der Waals surface area contributed by atoms with Crippen LogP contribution in [0.25, 0.3) is 0 Å². The average Bonchev–Trinajstić information content (AvgIpc) is 2.81. The van der Waals surface area contributed by atoms with Crippen molar-refractivity contribution >= 4 is 17.2 Å². The van der Waals surface area contributed by atoms with Gasteiger partial charge in [0.1, 0.15) is 5.82 Å². The van der Waals surface area contributed by atoms with E-state index in [0.717, 1.165) is 5.56 Å². The van der Waals surface area contributed by atoms with E-state index in [-0.39, 0.29) is 11.7 Å². The Bertz CT molecular complexity index is 551. The fraction of sp³-hybridized carbons (Fsp3) is 0.214. The normalized spacial score (nSPS) is 10.4. The highest BCUT2D eigenvalue weighted by Gasteiger charge is 2.14. The van der Waals surface area contributed by atoms with Crippen LogP contribution in [0.1, 0.15) is 21.5 Å². The van der Waals surface area contributed by atoms with Crippen molar-refractivity contribution in [2.24, 2.45) is 0 Å². The summed E-state index contributed by atoms with van der Waals surface area (Å²) in [6.45, 7) is 2.31. The minimum Gasteiger partial charge on any atom is -0.337 e. The summed E-state index contributed by atoms with van der Waals surface area (Å²) in [4.78, 5) is 13.9. The fourth-order valence-corrected chi connectivity index (χ4v) is 2.46. The van der Waals surface area contributed by atoms with Gasteiger partial charge in [0.25, 0.3) is 5.91 Å². The Balaban J connectivity index is 2.15. The molecule has 0 aliphatic heterocycles. The van der Waals surface area contributed by atoms with Crippen molar-refractivity contribution in [3.63, 3.8) is 0 Å². The van der Waals surface area contributed by atoms with Gasteiger partial charge in [-0.15, -0.1) is 0 Å². The quantitative estimate of drug-likeness (QED) is 0.830. The van der Waals surface area contributed by atoms with E-state index in [4.69, 9.17) is 0 Å². The Hall–Kier alpha value is -1.68. The number of carbonyl (C=O) groups is 1. The van der Waals surface area contributed by atoms with E-state index in [2.05, 4.69) is 0 Å². The zero-order valence-electron chi connectivity index (χ0n) is 10.3. The lowest BCUT2D eigenvalue weighted by Crippen LogP contribution is -2.26. The molecule has 0 bridgehead atoms. The molecule has 0 saturated carbocycles. The summed E-state index contributed by atoms with van der Waals surface area (Å²) in [6.07, 6.45) is 0. The van der Waals surface area contributed by atoms with Crippen molar-refractivity contribution < 1.29 is 9.18 Å². The topological polar surface area (TPSA) is 20.3 Å². The first-order chi connectivity index (χ1) is 8.58. The number of rotatable bonds is 3. The largest absolute Gasteiger partial charge is 0.337 e. The molecule has 0 unspecified atom stereocenters. The fourth-order valence-electron chi connectivity index (χ4n) is 1.80. The Labute approximate surface area is 110 Å². The second-order valence-electron chi connectivity index (χ2n) is 4.25. The van der Waals surface area contributed by atoms with Crippen LogP contribution in [0, 0.1) is 12.7 Å². The number of amides is 1. The van der Waals surface area contributed by atoms with Gasteiger partial charge >= 0.3 is 0 Å². The molecule has 0 aliphatic rings. The van der Waals surface area contributed by atoms with Crippen LogP contribution in [0.5, 0.6) is 0 Å². The van der Waals surface area contributed by atoms with Crippen LogP contribution in [0.15, 0.2) is 35.0 Å². The molecule has 0 atom stereocenters. The van der Waals surface area contributed by atoms with Gasteiger partial charge in [0.15, 0.2) is 0 Å². The molecule has 2 rings (SSSR count). The molecule has 1 amide bonds. The number of aryl methyl sites for hydroxylation is 1. The number of nitrogens with zero attached hydrogens (tertiary/aromatic N) is 1. The molecule has 2 nitrogen and oxygen atoms in total. The third-order valence-electron chi connectivity index (χ3n) is 2.77. The van der Waals surface area contributed by atoms with Gasteiger partial charge in [-0.05, 0) is 53.1 Å². The van der Waals surface area contributed by atoms with Crippen LogP contribution < -0.4 is 0 Å². The monoisotopic (exact) mass is 263 g/mol. The molecular formula is C14H14FNOS.